The number of carbonyl (C=O) groups excluding carboxylic acids is 2. The summed E-state index contributed by atoms with van der Waals surface area (Å²) in [5, 5.41) is 12.8. The molecule has 2 saturated carbocycles. The summed E-state index contributed by atoms with van der Waals surface area (Å²) in [6.07, 6.45) is 4.69. The highest BCUT2D eigenvalue weighted by molar-refractivity contribution is 8.07. The number of aliphatic imine (C=N–C) groups is 1. The summed E-state index contributed by atoms with van der Waals surface area (Å²) >= 11 is 1.32. The number of amidine groups is 1. The van der Waals surface area contributed by atoms with E-state index >= 15 is 0 Å². The molecule has 2 N–H and O–H groups in total. The number of hydrogen-bond acceptors (Lipinski definition) is 5. The van der Waals surface area contributed by atoms with Crippen LogP contribution in [0.2, 0.25) is 0 Å². The van der Waals surface area contributed by atoms with Gasteiger partial charge in [-0.25, -0.2) is 18.6 Å². The van der Waals surface area contributed by atoms with Crippen molar-refractivity contribution < 1.29 is 23.5 Å². The first-order valence-corrected chi connectivity index (χ1v) is 11.8. The van der Waals surface area contributed by atoms with Crippen molar-refractivity contribution in [2.45, 2.75) is 55.9 Å². The van der Waals surface area contributed by atoms with Crippen LogP contribution >= 0.6 is 11.8 Å². The Bertz CT molecular complexity index is 1020. The third-order valence-electron chi connectivity index (χ3n) is 7.05. The summed E-state index contributed by atoms with van der Waals surface area (Å²) in [4.78, 5) is 32.2. The first-order chi connectivity index (χ1) is 15.3. The lowest BCUT2D eigenvalue weighted by molar-refractivity contribution is -0.113. The highest BCUT2D eigenvalue weighted by Crippen LogP contribution is 2.67. The lowest BCUT2D eigenvalue weighted by Gasteiger charge is -2.38. The van der Waals surface area contributed by atoms with Crippen LogP contribution in [-0.4, -0.2) is 51.1 Å². The number of aliphatic hydroxyl groups excluding tert-OH is 1. The lowest BCUT2D eigenvalue weighted by atomic mass is 9.86. The van der Waals surface area contributed by atoms with Crippen LogP contribution in [0.1, 0.15) is 38.2 Å². The third kappa shape index (κ3) is 3.55. The quantitative estimate of drug-likeness (QED) is 0.720. The number of nitrogens with one attached hydrogen (secondary N) is 1. The molecule has 170 valence electrons. The molecule has 2 aliphatic heterocycles. The van der Waals surface area contributed by atoms with E-state index in [9.17, 15) is 23.5 Å². The van der Waals surface area contributed by atoms with Crippen LogP contribution in [0.5, 0.6) is 0 Å². The molecular formula is C23H25F2N3O3S. The summed E-state index contributed by atoms with van der Waals surface area (Å²) < 4.78 is 26.3. The molecule has 9 heteroatoms. The van der Waals surface area contributed by atoms with Crippen molar-refractivity contribution in [3.05, 3.63) is 46.5 Å². The molecule has 2 amide bonds. The van der Waals surface area contributed by atoms with Crippen LogP contribution < -0.4 is 5.32 Å². The fraction of sp³-hybridized carbons (Fsp3) is 0.522. The molecule has 4 aliphatic rings. The van der Waals surface area contributed by atoms with Gasteiger partial charge in [-0.2, -0.15) is 0 Å². The van der Waals surface area contributed by atoms with Gasteiger partial charge in [0.25, 0.3) is 0 Å². The van der Waals surface area contributed by atoms with E-state index in [4.69, 9.17) is 0 Å². The highest BCUT2D eigenvalue weighted by Gasteiger charge is 2.78. The molecule has 0 radical (unpaired) electrons. The zero-order chi connectivity index (χ0) is 22.6. The number of thioether (sulfide) groups is 1. The van der Waals surface area contributed by atoms with Gasteiger partial charge in [0.05, 0.1) is 5.92 Å². The number of hydrogen-bond donors (Lipinski definition) is 2. The van der Waals surface area contributed by atoms with Gasteiger partial charge in [0.15, 0.2) is 5.78 Å². The third-order valence-corrected chi connectivity index (χ3v) is 8.62. The molecule has 5 rings (SSSR count). The maximum Gasteiger partial charge on any atom is 0.323 e. The largest absolute Gasteiger partial charge is 0.383 e. The molecule has 1 aromatic carbocycles. The average molecular weight is 462 g/mol. The molecule has 1 spiro atoms. The van der Waals surface area contributed by atoms with Gasteiger partial charge in [0, 0.05) is 29.8 Å². The normalized spacial score (nSPS) is 32.7. The van der Waals surface area contributed by atoms with Crippen molar-refractivity contribution in [3.8, 4) is 0 Å². The predicted octanol–water partition coefficient (Wildman–Crippen LogP) is 3.40. The van der Waals surface area contributed by atoms with Crippen molar-refractivity contribution in [2.75, 3.05) is 6.54 Å². The Morgan fingerprint density at radius 3 is 2.53 bits per heavy atom. The molecule has 2 heterocycles. The van der Waals surface area contributed by atoms with E-state index in [1.165, 1.54) is 23.9 Å². The van der Waals surface area contributed by atoms with Gasteiger partial charge in [0.1, 0.15) is 28.3 Å². The maximum absolute atomic E-state index is 13.6. The van der Waals surface area contributed by atoms with E-state index in [0.29, 0.717) is 30.3 Å². The highest BCUT2D eigenvalue weighted by atomic mass is 32.2. The number of carbonyl (C=O) groups is 2. The van der Waals surface area contributed by atoms with E-state index in [2.05, 4.69) is 17.2 Å². The summed E-state index contributed by atoms with van der Waals surface area (Å²) in [7, 11) is 0. The molecule has 3 atom stereocenters. The number of halogens is 2. The number of ketones is 1. The number of aliphatic hydroxyl groups is 1. The van der Waals surface area contributed by atoms with E-state index in [-0.39, 0.29) is 23.8 Å². The first kappa shape index (κ1) is 21.6. The SMILES string of the molecule is C[C@H]1CC[C@H](N(CCc2cc(F)cc(F)c2)C(=O)NC2=NC=C3SC4(C(=O)C4O)C32)CC1. The number of benzene rings is 1. The molecule has 3 fully saturated rings. The molecule has 0 aromatic heterocycles. The first-order valence-electron chi connectivity index (χ1n) is 11.0. The summed E-state index contributed by atoms with van der Waals surface area (Å²) in [6, 6.07) is 3.10. The Morgan fingerprint density at radius 2 is 1.91 bits per heavy atom. The predicted molar refractivity (Wildman–Crippen MR) is 117 cm³/mol. The van der Waals surface area contributed by atoms with Gasteiger partial charge >= 0.3 is 6.03 Å². The zero-order valence-corrected chi connectivity index (χ0v) is 18.5. The number of urea groups is 1. The monoisotopic (exact) mass is 461 g/mol. The van der Waals surface area contributed by atoms with Crippen LogP contribution in [0.15, 0.2) is 34.3 Å². The Morgan fingerprint density at radius 1 is 1.25 bits per heavy atom. The van der Waals surface area contributed by atoms with Crippen molar-refractivity contribution in [3.63, 3.8) is 0 Å². The van der Waals surface area contributed by atoms with E-state index < -0.39 is 22.5 Å². The van der Waals surface area contributed by atoms with Gasteiger partial charge in [-0.1, -0.05) is 6.92 Å². The number of nitrogens with zero attached hydrogens (tertiary/aromatic N) is 2. The topological polar surface area (TPSA) is 82.0 Å². The van der Waals surface area contributed by atoms with Crippen molar-refractivity contribution in [2.24, 2.45) is 16.8 Å². The summed E-state index contributed by atoms with van der Waals surface area (Å²) in [5.41, 5.74) is 0.493. The van der Waals surface area contributed by atoms with Gasteiger partial charge in [-0.3, -0.25) is 10.1 Å². The minimum absolute atomic E-state index is 0.0249. The van der Waals surface area contributed by atoms with Crippen LogP contribution in [0, 0.1) is 23.5 Å². The Kier molecular flexibility index (Phi) is 5.36. The van der Waals surface area contributed by atoms with Crippen LogP contribution in [0.25, 0.3) is 0 Å². The number of fused-ring (bicyclic) bond motifs is 2. The smallest absolute Gasteiger partial charge is 0.323 e. The van der Waals surface area contributed by atoms with Gasteiger partial charge < -0.3 is 10.0 Å². The van der Waals surface area contributed by atoms with Crippen molar-refractivity contribution in [1.29, 1.82) is 0 Å². The lowest BCUT2D eigenvalue weighted by Crippen LogP contribution is -2.53. The van der Waals surface area contributed by atoms with Crippen LogP contribution in [0.3, 0.4) is 0 Å². The van der Waals surface area contributed by atoms with Crippen LogP contribution in [0.4, 0.5) is 13.6 Å². The van der Waals surface area contributed by atoms with Crippen molar-refractivity contribution >= 4 is 29.4 Å². The molecular weight excluding hydrogens is 436 g/mol. The van der Waals surface area contributed by atoms with E-state index in [0.717, 1.165) is 36.7 Å². The fourth-order valence-electron chi connectivity index (χ4n) is 5.10. The fourth-order valence-corrected chi connectivity index (χ4v) is 6.55. The standard InChI is InChI=1S/C23H25F2N3O3S/c1-12-2-4-16(5-3-12)28(7-6-13-8-14(24)10-15(25)9-13)22(31)27-21-18-17(11-26-21)32-23(18)19(29)20(23)30/h8-12,16,18-19,29H,2-7H2,1H3,(H,26,27,31)/t12-,16-,18?,19?,23?. The van der Waals surface area contributed by atoms with Crippen molar-refractivity contribution in [1.82, 2.24) is 10.2 Å². The Hall–Kier alpha value is -2.26. The molecule has 1 aromatic rings. The summed E-state index contributed by atoms with van der Waals surface area (Å²) in [5.74, 6) is -0.888. The molecule has 0 bridgehead atoms. The van der Waals surface area contributed by atoms with E-state index in [1.54, 1.807) is 11.1 Å². The maximum atomic E-state index is 13.6. The summed E-state index contributed by atoms with van der Waals surface area (Å²) in [6.45, 7) is 2.51. The Balaban J connectivity index is 1.30. The number of rotatable bonds is 4. The molecule has 6 nitrogen and oxygen atoms in total. The molecule has 1 saturated heterocycles. The second kappa shape index (κ2) is 7.95. The molecule has 2 aliphatic carbocycles. The second-order valence-corrected chi connectivity index (χ2v) is 10.6. The zero-order valence-electron chi connectivity index (χ0n) is 17.7. The average Bonchev–Trinajstić information content (AvgIpc) is 3.10. The second-order valence-electron chi connectivity index (χ2n) is 9.21. The Labute approximate surface area is 189 Å². The minimum atomic E-state index is -1.02. The van der Waals surface area contributed by atoms with Gasteiger partial charge in [-0.05, 0) is 55.7 Å². The number of Topliss-reactive ketones (excluding diaryl/α,β-unsaturated/α-hetero) is 1. The minimum Gasteiger partial charge on any atom is -0.383 e. The van der Waals surface area contributed by atoms with E-state index in [1.807, 2.05) is 0 Å². The van der Waals surface area contributed by atoms with Crippen LogP contribution in [-0.2, 0) is 11.2 Å². The molecule has 3 unspecified atom stereocenters. The van der Waals surface area contributed by atoms with Gasteiger partial charge in [0.2, 0.25) is 0 Å². The molecule has 32 heavy (non-hydrogen) atoms. The van der Waals surface area contributed by atoms with Gasteiger partial charge in [-0.15, -0.1) is 11.8 Å². The number of amides is 2.